The Morgan fingerprint density at radius 1 is 1.75 bits per heavy atom. The Bertz CT molecular complexity index is 255. The maximum Gasteiger partial charge on any atom is 0.102 e. The van der Waals surface area contributed by atoms with Gasteiger partial charge in [-0.1, -0.05) is 6.07 Å². The summed E-state index contributed by atoms with van der Waals surface area (Å²) in [6, 6.07) is 3.64. The second-order valence-electron chi connectivity index (χ2n) is 2.35. The van der Waals surface area contributed by atoms with Crippen LogP contribution in [-0.2, 0) is 0 Å². The van der Waals surface area contributed by atoms with Gasteiger partial charge in [0.15, 0.2) is 0 Å². The van der Waals surface area contributed by atoms with E-state index >= 15 is 0 Å². The first-order valence-electron chi connectivity index (χ1n) is 3.66. The standard InChI is InChI=1S/C8H12N2OS/c1-12-8-6(7(11)5-9)3-2-4-10-8/h2-4,7,11H,5,9H2,1H3. The predicted octanol–water partition coefficient (Wildman–Crippen LogP) is 0.796. The highest BCUT2D eigenvalue weighted by atomic mass is 32.2. The molecule has 12 heavy (non-hydrogen) atoms. The monoisotopic (exact) mass is 184 g/mol. The van der Waals surface area contributed by atoms with Gasteiger partial charge in [0.1, 0.15) is 5.03 Å². The van der Waals surface area contributed by atoms with E-state index in [4.69, 9.17) is 5.73 Å². The third kappa shape index (κ3) is 1.97. The third-order valence-electron chi connectivity index (χ3n) is 1.58. The summed E-state index contributed by atoms with van der Waals surface area (Å²) < 4.78 is 0. The number of thioether (sulfide) groups is 1. The van der Waals surface area contributed by atoms with Crippen LogP contribution in [0.3, 0.4) is 0 Å². The summed E-state index contributed by atoms with van der Waals surface area (Å²) in [6.45, 7) is 0.235. The first-order valence-corrected chi connectivity index (χ1v) is 4.89. The van der Waals surface area contributed by atoms with Crippen LogP contribution in [0.25, 0.3) is 0 Å². The number of aliphatic hydroxyl groups excluding tert-OH is 1. The summed E-state index contributed by atoms with van der Waals surface area (Å²) in [5.41, 5.74) is 6.15. The zero-order valence-corrected chi connectivity index (χ0v) is 7.71. The Morgan fingerprint density at radius 2 is 2.50 bits per heavy atom. The molecule has 3 N–H and O–H groups in total. The third-order valence-corrected chi connectivity index (χ3v) is 2.30. The van der Waals surface area contributed by atoms with Crippen molar-refractivity contribution in [2.45, 2.75) is 11.1 Å². The fourth-order valence-corrected chi connectivity index (χ4v) is 1.56. The van der Waals surface area contributed by atoms with E-state index in [-0.39, 0.29) is 6.54 Å². The first kappa shape index (κ1) is 9.51. The van der Waals surface area contributed by atoms with Crippen molar-refractivity contribution in [3.8, 4) is 0 Å². The van der Waals surface area contributed by atoms with E-state index in [0.717, 1.165) is 10.6 Å². The molecule has 1 rings (SSSR count). The molecular weight excluding hydrogens is 172 g/mol. The fraction of sp³-hybridized carbons (Fsp3) is 0.375. The van der Waals surface area contributed by atoms with E-state index in [1.54, 1.807) is 12.3 Å². The maximum absolute atomic E-state index is 9.46. The highest BCUT2D eigenvalue weighted by molar-refractivity contribution is 7.98. The lowest BCUT2D eigenvalue weighted by molar-refractivity contribution is 0.183. The molecule has 1 atom stereocenters. The molecular formula is C8H12N2OS. The minimum Gasteiger partial charge on any atom is -0.387 e. The summed E-state index contributed by atoms with van der Waals surface area (Å²) in [7, 11) is 0. The molecule has 1 aromatic rings. The number of nitrogens with two attached hydrogens (primary N) is 1. The lowest BCUT2D eigenvalue weighted by Gasteiger charge is -2.10. The van der Waals surface area contributed by atoms with Crippen molar-refractivity contribution < 1.29 is 5.11 Å². The van der Waals surface area contributed by atoms with Gasteiger partial charge in [0.2, 0.25) is 0 Å². The molecule has 0 aliphatic heterocycles. The maximum atomic E-state index is 9.46. The van der Waals surface area contributed by atoms with Gasteiger partial charge in [-0.25, -0.2) is 4.98 Å². The topological polar surface area (TPSA) is 59.1 Å². The molecule has 0 fully saturated rings. The van der Waals surface area contributed by atoms with Crippen LogP contribution in [0.1, 0.15) is 11.7 Å². The Kier molecular flexibility index (Phi) is 3.52. The molecule has 0 spiro atoms. The van der Waals surface area contributed by atoms with Crippen molar-refractivity contribution in [1.29, 1.82) is 0 Å². The SMILES string of the molecule is CSc1ncccc1C(O)CN. The zero-order chi connectivity index (χ0) is 8.97. The predicted molar refractivity (Wildman–Crippen MR) is 50.0 cm³/mol. The molecule has 1 unspecified atom stereocenters. The van der Waals surface area contributed by atoms with Gasteiger partial charge in [-0.15, -0.1) is 11.8 Å². The number of hydrogen-bond acceptors (Lipinski definition) is 4. The number of aliphatic hydroxyl groups is 1. The average molecular weight is 184 g/mol. The summed E-state index contributed by atoms with van der Waals surface area (Å²) in [5.74, 6) is 0. The van der Waals surface area contributed by atoms with E-state index in [2.05, 4.69) is 4.98 Å². The highest BCUT2D eigenvalue weighted by Gasteiger charge is 2.09. The Balaban J connectivity index is 2.96. The summed E-state index contributed by atoms with van der Waals surface area (Å²) in [5, 5.41) is 10.3. The average Bonchev–Trinajstić information content (AvgIpc) is 2.16. The normalized spacial score (nSPS) is 12.9. The molecule has 0 aromatic carbocycles. The number of pyridine rings is 1. The molecule has 0 aliphatic carbocycles. The molecule has 0 radical (unpaired) electrons. The molecule has 0 amide bonds. The molecule has 0 bridgehead atoms. The smallest absolute Gasteiger partial charge is 0.102 e. The summed E-state index contributed by atoms with van der Waals surface area (Å²) in [4.78, 5) is 4.11. The second kappa shape index (κ2) is 4.45. The van der Waals surface area contributed by atoms with Crippen molar-refractivity contribution in [1.82, 2.24) is 4.98 Å². The lowest BCUT2D eigenvalue weighted by Crippen LogP contribution is -2.12. The van der Waals surface area contributed by atoms with Crippen LogP contribution in [0.15, 0.2) is 23.4 Å². The van der Waals surface area contributed by atoms with E-state index in [1.165, 1.54) is 11.8 Å². The van der Waals surface area contributed by atoms with Crippen molar-refractivity contribution in [2.75, 3.05) is 12.8 Å². The second-order valence-corrected chi connectivity index (χ2v) is 3.15. The first-order chi connectivity index (χ1) is 5.79. The van der Waals surface area contributed by atoms with Gasteiger partial charge in [0.25, 0.3) is 0 Å². The molecule has 1 aromatic heterocycles. The van der Waals surface area contributed by atoms with E-state index < -0.39 is 6.10 Å². The molecule has 4 heteroatoms. The number of rotatable bonds is 3. The highest BCUT2D eigenvalue weighted by Crippen LogP contribution is 2.22. The van der Waals surface area contributed by atoms with Crippen LogP contribution in [0, 0.1) is 0 Å². The van der Waals surface area contributed by atoms with Gasteiger partial charge in [-0.3, -0.25) is 0 Å². The van der Waals surface area contributed by atoms with Crippen LogP contribution in [0.2, 0.25) is 0 Å². The Hall–Kier alpha value is -0.580. The Morgan fingerprint density at radius 3 is 3.08 bits per heavy atom. The quantitative estimate of drug-likeness (QED) is 0.682. The molecule has 1 heterocycles. The van der Waals surface area contributed by atoms with Gasteiger partial charge in [0.05, 0.1) is 6.10 Å². The van der Waals surface area contributed by atoms with E-state index in [0.29, 0.717) is 0 Å². The van der Waals surface area contributed by atoms with Crippen molar-refractivity contribution in [3.63, 3.8) is 0 Å². The van der Waals surface area contributed by atoms with Gasteiger partial charge in [-0.05, 0) is 12.3 Å². The number of nitrogens with zero attached hydrogens (tertiary/aromatic N) is 1. The Labute approximate surface area is 76.0 Å². The zero-order valence-electron chi connectivity index (χ0n) is 6.90. The van der Waals surface area contributed by atoms with Crippen LogP contribution in [-0.4, -0.2) is 22.9 Å². The molecule has 0 saturated heterocycles. The minimum absolute atomic E-state index is 0.235. The number of hydrogen-bond donors (Lipinski definition) is 2. The van der Waals surface area contributed by atoms with Gasteiger partial charge >= 0.3 is 0 Å². The number of aromatic nitrogens is 1. The van der Waals surface area contributed by atoms with E-state index in [1.807, 2.05) is 12.3 Å². The van der Waals surface area contributed by atoms with Crippen LogP contribution < -0.4 is 5.73 Å². The van der Waals surface area contributed by atoms with Crippen molar-refractivity contribution in [2.24, 2.45) is 5.73 Å². The summed E-state index contributed by atoms with van der Waals surface area (Å²) in [6.07, 6.45) is 3.04. The summed E-state index contributed by atoms with van der Waals surface area (Å²) >= 11 is 1.51. The van der Waals surface area contributed by atoms with Gasteiger partial charge in [0, 0.05) is 18.3 Å². The largest absolute Gasteiger partial charge is 0.387 e. The van der Waals surface area contributed by atoms with Gasteiger partial charge in [-0.2, -0.15) is 0 Å². The van der Waals surface area contributed by atoms with Crippen LogP contribution in [0.5, 0.6) is 0 Å². The fourth-order valence-electron chi connectivity index (χ4n) is 0.954. The lowest BCUT2D eigenvalue weighted by atomic mass is 10.2. The molecule has 0 saturated carbocycles. The molecule has 0 aliphatic rings. The molecule has 3 nitrogen and oxygen atoms in total. The van der Waals surface area contributed by atoms with Gasteiger partial charge < -0.3 is 10.8 Å². The van der Waals surface area contributed by atoms with Crippen molar-refractivity contribution in [3.05, 3.63) is 23.9 Å². The van der Waals surface area contributed by atoms with E-state index in [9.17, 15) is 5.11 Å². The minimum atomic E-state index is -0.596. The van der Waals surface area contributed by atoms with Crippen LogP contribution in [0.4, 0.5) is 0 Å². The van der Waals surface area contributed by atoms with Crippen molar-refractivity contribution >= 4 is 11.8 Å². The molecule has 66 valence electrons. The van der Waals surface area contributed by atoms with Crippen LogP contribution >= 0.6 is 11.8 Å².